The molecule has 0 fully saturated rings. The van der Waals surface area contributed by atoms with Crippen LogP contribution in [0.4, 0.5) is 11.4 Å². The number of nitrogen functional groups attached to an aromatic ring is 1. The Morgan fingerprint density at radius 1 is 1.22 bits per heavy atom. The third-order valence-electron chi connectivity index (χ3n) is 2.09. The number of carbonyl (C=O) groups excluding carboxylic acids is 1. The van der Waals surface area contributed by atoms with E-state index in [0.717, 1.165) is 0 Å². The van der Waals surface area contributed by atoms with Crippen molar-refractivity contribution in [2.75, 3.05) is 17.7 Å². The fraction of sp³-hybridized carbons (Fsp3) is 0.0833. The molecule has 0 aliphatic rings. The number of anilines is 2. The minimum absolute atomic E-state index is 0.0845. The molecule has 0 radical (unpaired) electrons. The summed E-state index contributed by atoms with van der Waals surface area (Å²) in [4.78, 5) is 19.1. The average molecular weight is 244 g/mol. The molecule has 92 valence electrons. The van der Waals surface area contributed by atoms with Crippen LogP contribution in [0.3, 0.4) is 0 Å². The van der Waals surface area contributed by atoms with Gasteiger partial charge in [-0.25, -0.2) is 9.97 Å². The maximum absolute atomic E-state index is 11.5. The Labute approximate surface area is 104 Å². The normalized spacial score (nSPS) is 9.78. The van der Waals surface area contributed by atoms with Crippen LogP contribution in [0.1, 0.15) is 0 Å². The number of nitrogens with zero attached hydrogens (tertiary/aromatic N) is 2. The van der Waals surface area contributed by atoms with E-state index in [1.54, 1.807) is 24.3 Å². The summed E-state index contributed by atoms with van der Waals surface area (Å²) in [6.45, 7) is -0.0845. The molecule has 18 heavy (non-hydrogen) atoms. The highest BCUT2D eigenvalue weighted by atomic mass is 16.5. The summed E-state index contributed by atoms with van der Waals surface area (Å²) in [6.07, 6.45) is 4.41. The Hall–Kier alpha value is -2.63. The Balaban J connectivity index is 1.83. The predicted octanol–water partition coefficient (Wildman–Crippen LogP) is 1.08. The third-order valence-corrected chi connectivity index (χ3v) is 2.09. The van der Waals surface area contributed by atoms with Crippen molar-refractivity contribution in [3.8, 4) is 5.75 Å². The van der Waals surface area contributed by atoms with Crippen LogP contribution in [-0.2, 0) is 4.79 Å². The number of benzene rings is 1. The zero-order valence-electron chi connectivity index (χ0n) is 9.54. The van der Waals surface area contributed by atoms with Gasteiger partial charge in [-0.05, 0) is 24.3 Å². The number of ether oxygens (including phenoxy) is 1. The van der Waals surface area contributed by atoms with Crippen molar-refractivity contribution in [2.24, 2.45) is 0 Å². The fourth-order valence-corrected chi connectivity index (χ4v) is 1.27. The predicted molar refractivity (Wildman–Crippen MR) is 67.0 cm³/mol. The van der Waals surface area contributed by atoms with Crippen molar-refractivity contribution >= 4 is 17.3 Å². The van der Waals surface area contributed by atoms with E-state index in [0.29, 0.717) is 17.1 Å². The molecule has 1 amide bonds. The van der Waals surface area contributed by atoms with E-state index in [9.17, 15) is 4.79 Å². The molecule has 0 bridgehead atoms. The monoisotopic (exact) mass is 244 g/mol. The van der Waals surface area contributed by atoms with E-state index in [2.05, 4.69) is 15.3 Å². The molecular formula is C12H12N4O2. The van der Waals surface area contributed by atoms with E-state index < -0.39 is 0 Å². The maximum atomic E-state index is 11.5. The summed E-state index contributed by atoms with van der Waals surface area (Å²) < 4.78 is 5.29. The second kappa shape index (κ2) is 5.62. The lowest BCUT2D eigenvalue weighted by atomic mass is 10.3. The number of amides is 1. The highest BCUT2D eigenvalue weighted by molar-refractivity contribution is 5.91. The lowest BCUT2D eigenvalue weighted by molar-refractivity contribution is -0.118. The van der Waals surface area contributed by atoms with Gasteiger partial charge in [0.15, 0.2) is 6.61 Å². The minimum Gasteiger partial charge on any atom is -0.484 e. The van der Waals surface area contributed by atoms with Crippen LogP contribution in [0.15, 0.2) is 43.0 Å². The molecule has 0 unspecified atom stereocenters. The maximum Gasteiger partial charge on any atom is 0.262 e. The van der Waals surface area contributed by atoms with Gasteiger partial charge in [0.25, 0.3) is 5.91 Å². The van der Waals surface area contributed by atoms with Gasteiger partial charge in [0.05, 0.1) is 18.1 Å². The van der Waals surface area contributed by atoms with Gasteiger partial charge in [0.1, 0.15) is 12.1 Å². The standard InChI is InChI=1S/C12H12N4O2/c13-9-1-3-11(4-2-9)18-7-12(17)16-10-5-14-8-15-6-10/h1-6,8H,7,13H2,(H,16,17). The molecule has 0 aliphatic carbocycles. The quantitative estimate of drug-likeness (QED) is 0.785. The Kier molecular flexibility index (Phi) is 3.70. The minimum atomic E-state index is -0.276. The van der Waals surface area contributed by atoms with Crippen molar-refractivity contribution in [2.45, 2.75) is 0 Å². The molecule has 0 spiro atoms. The molecule has 0 atom stereocenters. The fourth-order valence-electron chi connectivity index (χ4n) is 1.27. The number of aromatic nitrogens is 2. The van der Waals surface area contributed by atoms with E-state index in [-0.39, 0.29) is 12.5 Å². The molecule has 0 aliphatic heterocycles. The Bertz CT molecular complexity index is 513. The smallest absolute Gasteiger partial charge is 0.262 e. The van der Waals surface area contributed by atoms with Crippen LogP contribution >= 0.6 is 0 Å². The van der Waals surface area contributed by atoms with Crippen molar-refractivity contribution in [3.05, 3.63) is 43.0 Å². The number of hydrogen-bond donors (Lipinski definition) is 2. The summed E-state index contributed by atoms with van der Waals surface area (Å²) in [6, 6.07) is 6.82. The van der Waals surface area contributed by atoms with Gasteiger partial charge >= 0.3 is 0 Å². The highest BCUT2D eigenvalue weighted by Crippen LogP contribution is 2.12. The van der Waals surface area contributed by atoms with Crippen molar-refractivity contribution in [1.82, 2.24) is 9.97 Å². The van der Waals surface area contributed by atoms with Gasteiger partial charge in [0, 0.05) is 5.69 Å². The van der Waals surface area contributed by atoms with E-state index >= 15 is 0 Å². The lowest BCUT2D eigenvalue weighted by Gasteiger charge is -2.06. The Morgan fingerprint density at radius 2 is 1.89 bits per heavy atom. The summed E-state index contributed by atoms with van der Waals surface area (Å²) in [5, 5.41) is 2.61. The summed E-state index contributed by atoms with van der Waals surface area (Å²) in [5.41, 5.74) is 6.71. The molecule has 1 aromatic carbocycles. The molecule has 1 heterocycles. The van der Waals surface area contributed by atoms with Crippen molar-refractivity contribution < 1.29 is 9.53 Å². The first kappa shape index (κ1) is 11.8. The van der Waals surface area contributed by atoms with Crippen LogP contribution < -0.4 is 15.8 Å². The zero-order valence-corrected chi connectivity index (χ0v) is 9.54. The topological polar surface area (TPSA) is 90.1 Å². The molecule has 6 heteroatoms. The summed E-state index contributed by atoms with van der Waals surface area (Å²) in [5.74, 6) is 0.310. The van der Waals surface area contributed by atoms with Crippen LogP contribution in [-0.4, -0.2) is 22.5 Å². The number of carbonyl (C=O) groups is 1. The number of hydrogen-bond acceptors (Lipinski definition) is 5. The molecule has 2 aromatic rings. The zero-order chi connectivity index (χ0) is 12.8. The first-order chi connectivity index (χ1) is 8.74. The van der Waals surface area contributed by atoms with Crippen LogP contribution in [0.25, 0.3) is 0 Å². The molecule has 0 saturated carbocycles. The van der Waals surface area contributed by atoms with Crippen LogP contribution in [0.2, 0.25) is 0 Å². The van der Waals surface area contributed by atoms with Gasteiger partial charge < -0.3 is 15.8 Å². The number of nitrogens with one attached hydrogen (secondary N) is 1. The van der Waals surface area contributed by atoms with Crippen molar-refractivity contribution in [1.29, 1.82) is 0 Å². The van der Waals surface area contributed by atoms with Gasteiger partial charge in [-0.1, -0.05) is 0 Å². The molecule has 3 N–H and O–H groups in total. The van der Waals surface area contributed by atoms with Crippen LogP contribution in [0.5, 0.6) is 5.75 Å². The van der Waals surface area contributed by atoms with Crippen LogP contribution in [0, 0.1) is 0 Å². The first-order valence-corrected chi connectivity index (χ1v) is 5.27. The van der Waals surface area contributed by atoms with Gasteiger partial charge in [-0.15, -0.1) is 0 Å². The summed E-state index contributed by atoms with van der Waals surface area (Å²) in [7, 11) is 0. The number of nitrogens with two attached hydrogens (primary N) is 1. The van der Waals surface area contributed by atoms with Gasteiger partial charge in [-0.2, -0.15) is 0 Å². The summed E-state index contributed by atoms with van der Waals surface area (Å²) >= 11 is 0. The first-order valence-electron chi connectivity index (χ1n) is 5.27. The lowest BCUT2D eigenvalue weighted by Crippen LogP contribution is -2.20. The second-order valence-corrected chi connectivity index (χ2v) is 3.53. The molecule has 0 saturated heterocycles. The highest BCUT2D eigenvalue weighted by Gasteiger charge is 2.03. The van der Waals surface area contributed by atoms with E-state index in [1.807, 2.05) is 0 Å². The molecule has 6 nitrogen and oxygen atoms in total. The molecular weight excluding hydrogens is 232 g/mol. The van der Waals surface area contributed by atoms with E-state index in [1.165, 1.54) is 18.7 Å². The van der Waals surface area contributed by atoms with Crippen molar-refractivity contribution in [3.63, 3.8) is 0 Å². The Morgan fingerprint density at radius 3 is 2.56 bits per heavy atom. The van der Waals surface area contributed by atoms with Gasteiger partial charge in [0.2, 0.25) is 0 Å². The molecule has 1 aromatic heterocycles. The SMILES string of the molecule is Nc1ccc(OCC(=O)Nc2cncnc2)cc1. The number of rotatable bonds is 4. The van der Waals surface area contributed by atoms with Gasteiger partial charge in [-0.3, -0.25) is 4.79 Å². The van der Waals surface area contributed by atoms with E-state index in [4.69, 9.17) is 10.5 Å². The second-order valence-electron chi connectivity index (χ2n) is 3.53. The third kappa shape index (κ3) is 3.44. The largest absolute Gasteiger partial charge is 0.484 e. The average Bonchev–Trinajstić information content (AvgIpc) is 2.39. The molecule has 2 rings (SSSR count).